The van der Waals surface area contributed by atoms with Crippen LogP contribution in [0.2, 0.25) is 0 Å². The van der Waals surface area contributed by atoms with Crippen LogP contribution >= 0.6 is 0 Å². The van der Waals surface area contributed by atoms with Crippen molar-refractivity contribution in [3.8, 4) is 0 Å². The summed E-state index contributed by atoms with van der Waals surface area (Å²) >= 11 is 0. The molecule has 0 bridgehead atoms. The summed E-state index contributed by atoms with van der Waals surface area (Å²) in [5.41, 5.74) is 0. The Hall–Kier alpha value is -0.0800. The van der Waals surface area contributed by atoms with Crippen LogP contribution in [0.25, 0.3) is 0 Å². The zero-order valence-electron chi connectivity index (χ0n) is 7.55. The first-order chi connectivity index (χ1) is 4.66. The predicted molar refractivity (Wildman–Crippen MR) is 44.3 cm³/mol. The second kappa shape index (κ2) is 5.69. The fourth-order valence-corrected chi connectivity index (χ4v) is 0.554. The number of rotatable bonds is 5. The van der Waals surface area contributed by atoms with Gasteiger partial charge < -0.3 is 9.64 Å². The Kier molecular flexibility index (Phi) is 5.64. The Morgan fingerprint density at radius 2 is 2.00 bits per heavy atom. The van der Waals surface area contributed by atoms with Crippen molar-refractivity contribution in [1.82, 2.24) is 4.90 Å². The second-order valence-corrected chi connectivity index (χ2v) is 2.89. The van der Waals surface area contributed by atoms with Crippen LogP contribution in [0.15, 0.2) is 0 Å². The molecule has 0 spiro atoms. The number of likely N-dealkylation sites (N-methyl/N-ethyl adjacent to an activating group) is 1. The van der Waals surface area contributed by atoms with Crippen LogP contribution in [0.4, 0.5) is 0 Å². The Bertz CT molecular complexity index is 73.7. The summed E-state index contributed by atoms with van der Waals surface area (Å²) in [6, 6.07) is 0. The molecule has 0 fully saturated rings. The van der Waals surface area contributed by atoms with E-state index in [0.29, 0.717) is 6.10 Å². The lowest BCUT2D eigenvalue weighted by molar-refractivity contribution is 0.0539. The highest BCUT2D eigenvalue weighted by Gasteiger charge is 1.97. The molecule has 1 atom stereocenters. The molecule has 0 aliphatic rings. The van der Waals surface area contributed by atoms with Gasteiger partial charge in [-0.05, 0) is 27.4 Å². The molecule has 1 unspecified atom stereocenters. The number of nitrogens with zero attached hydrogens (tertiary/aromatic N) is 1. The molecule has 0 aromatic heterocycles. The van der Waals surface area contributed by atoms with E-state index in [1.54, 1.807) is 0 Å². The molecule has 0 saturated heterocycles. The number of ether oxygens (including phenoxy) is 1. The zero-order valence-corrected chi connectivity index (χ0v) is 7.55. The van der Waals surface area contributed by atoms with Crippen molar-refractivity contribution in [2.45, 2.75) is 26.4 Å². The van der Waals surface area contributed by atoms with Crippen molar-refractivity contribution in [3.63, 3.8) is 0 Å². The minimum absolute atomic E-state index is 0.417. The highest BCUT2D eigenvalue weighted by molar-refractivity contribution is 4.46. The fraction of sp³-hybridized carbons (Fsp3) is 1.00. The van der Waals surface area contributed by atoms with Crippen molar-refractivity contribution >= 4 is 0 Å². The minimum atomic E-state index is 0.417. The maximum Gasteiger partial charge on any atom is 0.0596 e. The van der Waals surface area contributed by atoms with E-state index in [4.69, 9.17) is 4.74 Å². The van der Waals surface area contributed by atoms with Crippen molar-refractivity contribution in [2.24, 2.45) is 0 Å². The van der Waals surface area contributed by atoms with Crippen LogP contribution in [0.5, 0.6) is 0 Å². The Labute approximate surface area is 64.2 Å². The first kappa shape index (κ1) is 9.92. The quantitative estimate of drug-likeness (QED) is 0.579. The molecule has 2 heteroatoms. The third kappa shape index (κ3) is 6.05. The Balaban J connectivity index is 3.03. The lowest BCUT2D eigenvalue weighted by atomic mass is 10.3. The molecule has 0 aromatic carbocycles. The number of hydrogen-bond acceptors (Lipinski definition) is 2. The monoisotopic (exact) mass is 145 g/mol. The third-order valence-corrected chi connectivity index (χ3v) is 1.52. The summed E-state index contributed by atoms with van der Waals surface area (Å²) in [7, 11) is 4.11. The van der Waals surface area contributed by atoms with E-state index < -0.39 is 0 Å². The molecular weight excluding hydrogens is 126 g/mol. The summed E-state index contributed by atoms with van der Waals surface area (Å²) in [6.45, 7) is 6.11. The predicted octanol–water partition coefficient (Wildman–Crippen LogP) is 1.36. The van der Waals surface area contributed by atoms with E-state index in [0.717, 1.165) is 19.6 Å². The molecule has 62 valence electrons. The van der Waals surface area contributed by atoms with Crippen molar-refractivity contribution in [1.29, 1.82) is 0 Å². The summed E-state index contributed by atoms with van der Waals surface area (Å²) < 4.78 is 5.46. The summed E-state index contributed by atoms with van der Waals surface area (Å²) in [6.07, 6.45) is 1.52. The SMILES string of the molecule is CCC(C)OCCN(C)C. The van der Waals surface area contributed by atoms with Gasteiger partial charge in [0.15, 0.2) is 0 Å². The van der Waals surface area contributed by atoms with E-state index in [9.17, 15) is 0 Å². The van der Waals surface area contributed by atoms with E-state index in [1.165, 1.54) is 0 Å². The second-order valence-electron chi connectivity index (χ2n) is 2.89. The van der Waals surface area contributed by atoms with Gasteiger partial charge in [-0.15, -0.1) is 0 Å². The van der Waals surface area contributed by atoms with Crippen LogP contribution < -0.4 is 0 Å². The summed E-state index contributed by atoms with van der Waals surface area (Å²) in [5, 5.41) is 0. The van der Waals surface area contributed by atoms with Crippen LogP contribution in [-0.2, 0) is 4.74 Å². The van der Waals surface area contributed by atoms with Crippen LogP contribution in [0.1, 0.15) is 20.3 Å². The van der Waals surface area contributed by atoms with Gasteiger partial charge in [0.2, 0.25) is 0 Å². The average molecular weight is 145 g/mol. The van der Waals surface area contributed by atoms with Gasteiger partial charge in [-0.1, -0.05) is 6.92 Å². The molecule has 0 aliphatic heterocycles. The molecule has 0 aromatic rings. The van der Waals surface area contributed by atoms with E-state index in [2.05, 4.69) is 32.8 Å². The molecule has 10 heavy (non-hydrogen) atoms. The van der Waals surface area contributed by atoms with Gasteiger partial charge in [-0.25, -0.2) is 0 Å². The zero-order chi connectivity index (χ0) is 7.98. The standard InChI is InChI=1S/C8H19NO/c1-5-8(2)10-7-6-9(3)4/h8H,5-7H2,1-4H3. The fourth-order valence-electron chi connectivity index (χ4n) is 0.554. The van der Waals surface area contributed by atoms with Gasteiger partial charge in [-0.3, -0.25) is 0 Å². The topological polar surface area (TPSA) is 12.5 Å². The largest absolute Gasteiger partial charge is 0.377 e. The smallest absolute Gasteiger partial charge is 0.0596 e. The molecule has 0 heterocycles. The molecule has 0 rings (SSSR count). The summed E-state index contributed by atoms with van der Waals surface area (Å²) in [4.78, 5) is 2.13. The van der Waals surface area contributed by atoms with Crippen molar-refractivity contribution in [2.75, 3.05) is 27.2 Å². The highest BCUT2D eigenvalue weighted by atomic mass is 16.5. The van der Waals surface area contributed by atoms with Gasteiger partial charge in [0.05, 0.1) is 12.7 Å². The minimum Gasteiger partial charge on any atom is -0.377 e. The van der Waals surface area contributed by atoms with E-state index in [1.807, 2.05) is 0 Å². The molecule has 2 nitrogen and oxygen atoms in total. The lowest BCUT2D eigenvalue weighted by Crippen LogP contribution is -2.20. The first-order valence-corrected chi connectivity index (χ1v) is 3.93. The van der Waals surface area contributed by atoms with Crippen LogP contribution in [-0.4, -0.2) is 38.3 Å². The first-order valence-electron chi connectivity index (χ1n) is 3.93. The molecule has 0 N–H and O–H groups in total. The van der Waals surface area contributed by atoms with Gasteiger partial charge in [0, 0.05) is 6.54 Å². The molecule has 0 aliphatic carbocycles. The highest BCUT2D eigenvalue weighted by Crippen LogP contribution is 1.94. The maximum atomic E-state index is 5.46. The average Bonchev–Trinajstić information content (AvgIpc) is 1.87. The Morgan fingerprint density at radius 1 is 1.40 bits per heavy atom. The number of hydrogen-bond donors (Lipinski definition) is 0. The van der Waals surface area contributed by atoms with Crippen molar-refractivity contribution < 1.29 is 4.74 Å². The maximum absolute atomic E-state index is 5.46. The van der Waals surface area contributed by atoms with Crippen LogP contribution in [0.3, 0.4) is 0 Å². The van der Waals surface area contributed by atoms with E-state index >= 15 is 0 Å². The van der Waals surface area contributed by atoms with Crippen LogP contribution in [0, 0.1) is 0 Å². The van der Waals surface area contributed by atoms with Gasteiger partial charge in [0.25, 0.3) is 0 Å². The normalized spacial score (nSPS) is 14.1. The van der Waals surface area contributed by atoms with Gasteiger partial charge in [-0.2, -0.15) is 0 Å². The van der Waals surface area contributed by atoms with Crippen molar-refractivity contribution in [3.05, 3.63) is 0 Å². The molecule has 0 saturated carbocycles. The van der Waals surface area contributed by atoms with E-state index in [-0.39, 0.29) is 0 Å². The molecule has 0 radical (unpaired) electrons. The van der Waals surface area contributed by atoms with Gasteiger partial charge >= 0.3 is 0 Å². The summed E-state index contributed by atoms with van der Waals surface area (Å²) in [5.74, 6) is 0. The Morgan fingerprint density at radius 3 is 2.40 bits per heavy atom. The molecule has 0 amide bonds. The third-order valence-electron chi connectivity index (χ3n) is 1.52. The van der Waals surface area contributed by atoms with Gasteiger partial charge in [0.1, 0.15) is 0 Å². The molecular formula is C8H19NO. The lowest BCUT2D eigenvalue weighted by Gasteiger charge is -2.13.